The van der Waals surface area contributed by atoms with Crippen LogP contribution in [0.4, 0.5) is 13.6 Å². The zero-order valence-corrected chi connectivity index (χ0v) is 31.4. The summed E-state index contributed by atoms with van der Waals surface area (Å²) in [4.78, 5) is 62.2. The number of carbonyl (C=O) groups is 4. The molecule has 4 aliphatic rings. The van der Waals surface area contributed by atoms with E-state index in [-0.39, 0.29) is 13.0 Å². The van der Waals surface area contributed by atoms with Gasteiger partial charge in [-0.2, -0.15) is 0 Å². The van der Waals surface area contributed by atoms with Crippen molar-refractivity contribution in [2.75, 3.05) is 6.54 Å². The Hall–Kier alpha value is -4.60. The zero-order chi connectivity index (χ0) is 38.7. The molecule has 16 heteroatoms. The lowest BCUT2D eigenvalue weighted by molar-refractivity contribution is -0.143. The molecule has 53 heavy (non-hydrogen) atoms. The lowest BCUT2D eigenvalue weighted by atomic mass is 9.85. The molecule has 6 rings (SSSR count). The number of amides is 5. The summed E-state index contributed by atoms with van der Waals surface area (Å²) in [5.41, 5.74) is 0.446. The van der Waals surface area contributed by atoms with E-state index in [1.165, 1.54) is 4.90 Å². The van der Waals surface area contributed by atoms with Crippen LogP contribution < -0.4 is 20.7 Å². The number of rotatable bonds is 10. The standard InChI is InChI=1S/C37H46F2N6O7S/c1-35(2,3)29(40-34(49)42-36(4,5)6)32(47)45-19-20(52-43-28-24-13-9-7-11-22(24)23-12-8-10-14-25(23)28)17-27(45)31(46)41-37(18-26(37)30(38)39)33(48)44-53(50,51)21-15-16-21/h7-14,20-21,26-27,29-30H,15-19H2,1-6H3,(H,41,46)(H,44,48)(H2,40,42,49)/t20-,26+,27?,29-,37+/m1/s1. The Bertz CT molecular complexity index is 1910. The highest BCUT2D eigenvalue weighted by Gasteiger charge is 2.67. The molecule has 1 aliphatic heterocycles. The quantitative estimate of drug-likeness (QED) is 0.228. The number of benzene rings is 2. The fourth-order valence-corrected chi connectivity index (χ4v) is 8.31. The van der Waals surface area contributed by atoms with Crippen LogP contribution in [0.25, 0.3) is 11.1 Å². The van der Waals surface area contributed by atoms with Gasteiger partial charge in [0.2, 0.25) is 28.3 Å². The van der Waals surface area contributed by atoms with Crippen LogP contribution in [0.5, 0.6) is 0 Å². The maximum atomic E-state index is 14.4. The third kappa shape index (κ3) is 7.87. The molecule has 0 bridgehead atoms. The van der Waals surface area contributed by atoms with Crippen molar-refractivity contribution in [3.63, 3.8) is 0 Å². The van der Waals surface area contributed by atoms with Gasteiger partial charge in [0, 0.05) is 23.1 Å². The van der Waals surface area contributed by atoms with Gasteiger partial charge in [-0.15, -0.1) is 0 Å². The summed E-state index contributed by atoms with van der Waals surface area (Å²) >= 11 is 0. The fraction of sp³-hybridized carbons (Fsp3) is 0.541. The van der Waals surface area contributed by atoms with Crippen molar-refractivity contribution in [3.8, 4) is 11.1 Å². The van der Waals surface area contributed by atoms with E-state index in [9.17, 15) is 36.4 Å². The van der Waals surface area contributed by atoms with Gasteiger partial charge >= 0.3 is 6.03 Å². The van der Waals surface area contributed by atoms with Crippen molar-refractivity contribution in [3.05, 3.63) is 59.7 Å². The van der Waals surface area contributed by atoms with E-state index in [2.05, 4.69) is 21.1 Å². The smallest absolute Gasteiger partial charge is 0.315 e. The minimum atomic E-state index is -4.12. The van der Waals surface area contributed by atoms with Crippen molar-refractivity contribution < 1.29 is 41.2 Å². The third-order valence-electron chi connectivity index (χ3n) is 9.94. The number of oxime groups is 1. The average Bonchev–Trinajstić information content (AvgIpc) is 3.98. The number of nitrogens with zero attached hydrogens (tertiary/aromatic N) is 2. The Morgan fingerprint density at radius 3 is 1.98 bits per heavy atom. The molecule has 2 saturated carbocycles. The molecule has 2 aromatic carbocycles. The molecule has 5 atom stereocenters. The van der Waals surface area contributed by atoms with E-state index in [4.69, 9.17) is 4.84 Å². The second-order valence-corrected chi connectivity index (χ2v) is 18.4. The fourth-order valence-electron chi connectivity index (χ4n) is 6.95. The first-order valence-electron chi connectivity index (χ1n) is 17.7. The molecule has 1 heterocycles. The van der Waals surface area contributed by atoms with Gasteiger partial charge in [-0.25, -0.2) is 22.0 Å². The Kier molecular flexibility index (Phi) is 9.84. The molecule has 286 valence electrons. The Morgan fingerprint density at radius 2 is 1.49 bits per heavy atom. The van der Waals surface area contributed by atoms with Gasteiger partial charge in [0.05, 0.1) is 17.7 Å². The first-order valence-corrected chi connectivity index (χ1v) is 19.2. The summed E-state index contributed by atoms with van der Waals surface area (Å²) in [5.74, 6) is -4.47. The summed E-state index contributed by atoms with van der Waals surface area (Å²) in [7, 11) is -4.12. The van der Waals surface area contributed by atoms with Crippen LogP contribution in [0.15, 0.2) is 53.7 Å². The Balaban J connectivity index is 1.30. The summed E-state index contributed by atoms with van der Waals surface area (Å²) in [6, 6.07) is 12.2. The molecular formula is C37H46F2N6O7S. The summed E-state index contributed by atoms with van der Waals surface area (Å²) in [6.45, 7) is 10.4. The molecule has 0 aromatic heterocycles. The van der Waals surface area contributed by atoms with E-state index < -0.39 is 92.5 Å². The second-order valence-electron chi connectivity index (χ2n) is 16.4. The van der Waals surface area contributed by atoms with Gasteiger partial charge in [0.25, 0.3) is 5.91 Å². The zero-order valence-electron chi connectivity index (χ0n) is 30.5. The van der Waals surface area contributed by atoms with Gasteiger partial charge < -0.3 is 25.7 Å². The number of halogens is 2. The third-order valence-corrected chi connectivity index (χ3v) is 11.8. The molecule has 5 amide bonds. The molecular weight excluding hydrogens is 711 g/mol. The van der Waals surface area contributed by atoms with Crippen molar-refractivity contribution >= 4 is 39.5 Å². The number of hydrogen-bond acceptors (Lipinski definition) is 8. The number of alkyl halides is 2. The number of sulfonamides is 1. The highest BCUT2D eigenvalue weighted by molar-refractivity contribution is 7.91. The molecule has 2 aromatic rings. The molecule has 4 N–H and O–H groups in total. The summed E-state index contributed by atoms with van der Waals surface area (Å²) in [5, 5.41) is 11.6. The van der Waals surface area contributed by atoms with E-state index in [0.717, 1.165) is 22.3 Å². The van der Waals surface area contributed by atoms with E-state index in [1.807, 2.05) is 53.3 Å². The molecule has 3 fully saturated rings. The minimum Gasteiger partial charge on any atom is -0.390 e. The predicted octanol–water partition coefficient (Wildman–Crippen LogP) is 3.67. The molecule has 3 aliphatic carbocycles. The maximum absolute atomic E-state index is 14.4. The van der Waals surface area contributed by atoms with E-state index in [1.54, 1.807) is 41.5 Å². The number of nitrogens with one attached hydrogen (secondary N) is 4. The lowest BCUT2D eigenvalue weighted by Gasteiger charge is -2.36. The maximum Gasteiger partial charge on any atom is 0.315 e. The van der Waals surface area contributed by atoms with Gasteiger partial charge in [0.1, 0.15) is 29.4 Å². The van der Waals surface area contributed by atoms with Crippen molar-refractivity contribution in [2.24, 2.45) is 16.5 Å². The van der Waals surface area contributed by atoms with Crippen LogP contribution in [0.3, 0.4) is 0 Å². The SMILES string of the molecule is CC(C)(C)NC(=O)N[C@H](C(=O)N1C[C@H](ON=C2c3ccccc3-c3ccccc32)CC1C(=O)N[C@@]1(C(=O)NS(=O)(=O)C2CC2)C[C@H]1C(F)F)C(C)(C)C. The summed E-state index contributed by atoms with van der Waals surface area (Å²) < 4.78 is 55.3. The number of likely N-dealkylation sites (tertiary alicyclic amines) is 1. The second kappa shape index (κ2) is 13.7. The van der Waals surface area contributed by atoms with E-state index >= 15 is 0 Å². The molecule has 1 unspecified atom stereocenters. The minimum absolute atomic E-state index is 0.139. The summed E-state index contributed by atoms with van der Waals surface area (Å²) in [6.07, 6.45) is -3.87. The van der Waals surface area contributed by atoms with E-state index in [0.29, 0.717) is 18.6 Å². The van der Waals surface area contributed by atoms with Crippen LogP contribution >= 0.6 is 0 Å². The van der Waals surface area contributed by atoms with Crippen LogP contribution in [0.2, 0.25) is 0 Å². The first-order chi connectivity index (χ1) is 24.7. The predicted molar refractivity (Wildman–Crippen MR) is 192 cm³/mol. The number of hydrogen-bond donors (Lipinski definition) is 4. The highest BCUT2D eigenvalue weighted by Crippen LogP contribution is 2.48. The Labute approximate surface area is 307 Å². The molecule has 1 saturated heterocycles. The Morgan fingerprint density at radius 1 is 0.925 bits per heavy atom. The van der Waals surface area contributed by atoms with Crippen LogP contribution in [0, 0.1) is 11.3 Å². The topological polar surface area (TPSA) is 175 Å². The molecule has 0 radical (unpaired) electrons. The average molecular weight is 757 g/mol. The largest absolute Gasteiger partial charge is 0.390 e. The first kappa shape index (κ1) is 38.1. The monoisotopic (exact) mass is 756 g/mol. The van der Waals surface area contributed by atoms with Gasteiger partial charge in [-0.1, -0.05) is 74.5 Å². The normalized spacial score (nSPS) is 24.1. The molecule has 0 spiro atoms. The highest BCUT2D eigenvalue weighted by atomic mass is 32.2. The number of fused-ring (bicyclic) bond motifs is 3. The van der Waals surface area contributed by atoms with Crippen LogP contribution in [0.1, 0.15) is 78.4 Å². The van der Waals surface area contributed by atoms with Crippen molar-refractivity contribution in [1.29, 1.82) is 0 Å². The van der Waals surface area contributed by atoms with Crippen molar-refractivity contribution in [2.45, 2.75) is 108 Å². The number of urea groups is 1. The molecule has 13 nitrogen and oxygen atoms in total. The van der Waals surface area contributed by atoms with Crippen LogP contribution in [-0.4, -0.2) is 90.3 Å². The van der Waals surface area contributed by atoms with Crippen molar-refractivity contribution in [1.82, 2.24) is 25.6 Å². The van der Waals surface area contributed by atoms with Gasteiger partial charge in [0.15, 0.2) is 0 Å². The van der Waals surface area contributed by atoms with Gasteiger partial charge in [-0.05, 0) is 56.6 Å². The lowest BCUT2D eigenvalue weighted by Crippen LogP contribution is -2.61. The van der Waals surface area contributed by atoms with Crippen LogP contribution in [-0.2, 0) is 29.2 Å². The number of carbonyl (C=O) groups excluding carboxylic acids is 4. The van der Waals surface area contributed by atoms with Gasteiger partial charge in [-0.3, -0.25) is 19.1 Å².